The zero-order valence-corrected chi connectivity index (χ0v) is 19.8. The minimum atomic E-state index is -0.720. The minimum Gasteiger partial charge on any atom is -0.487 e. The van der Waals surface area contributed by atoms with Crippen molar-refractivity contribution in [3.05, 3.63) is 45.5 Å². The highest BCUT2D eigenvalue weighted by molar-refractivity contribution is 6.28. The summed E-state index contributed by atoms with van der Waals surface area (Å²) in [5.41, 5.74) is 5.90. The van der Waals surface area contributed by atoms with E-state index < -0.39 is 10.8 Å². The Morgan fingerprint density at radius 1 is 1.21 bits per heavy atom. The van der Waals surface area contributed by atoms with Gasteiger partial charge in [-0.1, -0.05) is 0 Å². The number of aromatic nitrogens is 2. The summed E-state index contributed by atoms with van der Waals surface area (Å²) < 4.78 is 5.79. The van der Waals surface area contributed by atoms with Crippen molar-refractivity contribution < 1.29 is 14.5 Å². The molecule has 2 N–H and O–H groups in total. The second kappa shape index (κ2) is 10.4. The third kappa shape index (κ3) is 6.37. The zero-order chi connectivity index (χ0) is 24.2. The summed E-state index contributed by atoms with van der Waals surface area (Å²) in [5.74, 6) is -0.735. The predicted molar refractivity (Wildman–Crippen MR) is 126 cm³/mol. The summed E-state index contributed by atoms with van der Waals surface area (Å²) in [6.07, 6.45) is 3.39. The number of piperazine rings is 1. The number of halogens is 1. The van der Waals surface area contributed by atoms with Crippen molar-refractivity contribution in [2.45, 2.75) is 32.7 Å². The molecule has 0 bridgehead atoms. The smallest absolute Gasteiger partial charge is 0.318 e. The van der Waals surface area contributed by atoms with Crippen LogP contribution in [0.4, 0.5) is 5.69 Å². The Balaban J connectivity index is 1.71. The van der Waals surface area contributed by atoms with Gasteiger partial charge in [-0.25, -0.2) is 9.97 Å². The first-order chi connectivity index (χ1) is 15.6. The highest BCUT2D eigenvalue weighted by Gasteiger charge is 2.27. The molecule has 1 aliphatic rings. The van der Waals surface area contributed by atoms with Gasteiger partial charge >= 0.3 is 5.69 Å². The number of primary amides is 1. The number of hydrogen-bond acceptors (Lipinski definition) is 8. The molecule has 1 aliphatic heterocycles. The van der Waals surface area contributed by atoms with Crippen LogP contribution in [0.5, 0.6) is 5.75 Å². The van der Waals surface area contributed by atoms with Crippen molar-refractivity contribution >= 4 is 23.2 Å². The zero-order valence-electron chi connectivity index (χ0n) is 19.1. The molecule has 10 nitrogen and oxygen atoms in total. The standard InChI is InChI=1S/C22H29ClN6O4/c1-22(2,3)28-8-6-27(7-9-28)5-4-10-33-18-12-15(20(24)30)11-17(19(18)29(31)32)16-13-25-21(23)26-14-16/h11-14H,4-10H2,1-3H3,(H2,24,30). The normalized spacial score (nSPS) is 15.4. The fourth-order valence-electron chi connectivity index (χ4n) is 3.83. The lowest BCUT2D eigenvalue weighted by atomic mass is 10.0. The first-order valence-electron chi connectivity index (χ1n) is 10.8. The van der Waals surface area contributed by atoms with Crippen molar-refractivity contribution in [3.8, 4) is 16.9 Å². The van der Waals surface area contributed by atoms with E-state index in [2.05, 4.69) is 40.5 Å². The van der Waals surface area contributed by atoms with Crippen LogP contribution in [-0.2, 0) is 0 Å². The number of benzene rings is 1. The van der Waals surface area contributed by atoms with Gasteiger partial charge in [0, 0.05) is 67.8 Å². The number of amides is 1. The molecule has 11 heteroatoms. The lowest BCUT2D eigenvalue weighted by Crippen LogP contribution is -2.53. The molecular weight excluding hydrogens is 448 g/mol. The molecule has 0 spiro atoms. The van der Waals surface area contributed by atoms with Crippen molar-refractivity contribution in [3.63, 3.8) is 0 Å². The molecule has 0 saturated carbocycles. The lowest BCUT2D eigenvalue weighted by Gasteiger charge is -2.42. The molecule has 1 aromatic carbocycles. The fraction of sp³-hybridized carbons (Fsp3) is 0.500. The summed E-state index contributed by atoms with van der Waals surface area (Å²) in [5, 5.41) is 11.9. The van der Waals surface area contributed by atoms with E-state index in [4.69, 9.17) is 22.1 Å². The van der Waals surface area contributed by atoms with Crippen LogP contribution in [0.15, 0.2) is 24.5 Å². The number of hydrogen-bond donors (Lipinski definition) is 1. The van der Waals surface area contributed by atoms with Gasteiger partial charge in [0.05, 0.1) is 17.1 Å². The van der Waals surface area contributed by atoms with Gasteiger partial charge in [-0.05, 0) is 44.9 Å². The van der Waals surface area contributed by atoms with Gasteiger partial charge in [0.15, 0.2) is 5.75 Å². The Morgan fingerprint density at radius 3 is 2.39 bits per heavy atom. The monoisotopic (exact) mass is 476 g/mol. The quantitative estimate of drug-likeness (QED) is 0.266. The van der Waals surface area contributed by atoms with Gasteiger partial charge in [0.25, 0.3) is 0 Å². The molecular formula is C22H29ClN6O4. The van der Waals surface area contributed by atoms with Gasteiger partial charge in [-0.15, -0.1) is 0 Å². The number of rotatable bonds is 8. The van der Waals surface area contributed by atoms with Crippen molar-refractivity contribution in [1.82, 2.24) is 19.8 Å². The molecule has 1 fully saturated rings. The number of nitrogens with two attached hydrogens (primary N) is 1. The molecule has 1 aromatic heterocycles. The van der Waals surface area contributed by atoms with Crippen LogP contribution in [0.25, 0.3) is 11.1 Å². The maximum atomic E-state index is 11.9. The van der Waals surface area contributed by atoms with E-state index in [-0.39, 0.29) is 40.0 Å². The molecule has 33 heavy (non-hydrogen) atoms. The average Bonchev–Trinajstić information content (AvgIpc) is 2.76. The largest absolute Gasteiger partial charge is 0.487 e. The second-order valence-electron chi connectivity index (χ2n) is 8.93. The second-order valence-corrected chi connectivity index (χ2v) is 9.27. The SMILES string of the molecule is CC(C)(C)N1CCN(CCCOc2cc(C(N)=O)cc(-c3cnc(Cl)nc3)c2[N+](=O)[O-])CC1. The van der Waals surface area contributed by atoms with Crippen molar-refractivity contribution in [2.24, 2.45) is 5.73 Å². The van der Waals surface area contributed by atoms with Crippen molar-refractivity contribution in [1.29, 1.82) is 0 Å². The van der Waals surface area contributed by atoms with E-state index in [9.17, 15) is 14.9 Å². The lowest BCUT2D eigenvalue weighted by molar-refractivity contribution is -0.385. The summed E-state index contributed by atoms with van der Waals surface area (Å²) in [7, 11) is 0. The molecule has 1 amide bonds. The van der Waals surface area contributed by atoms with Crippen LogP contribution >= 0.6 is 11.6 Å². The van der Waals surface area contributed by atoms with Gasteiger partial charge in [0.2, 0.25) is 11.2 Å². The molecule has 0 aliphatic carbocycles. The number of nitro benzene ring substituents is 1. The van der Waals surface area contributed by atoms with Crippen LogP contribution in [0.3, 0.4) is 0 Å². The Morgan fingerprint density at radius 2 is 1.85 bits per heavy atom. The van der Waals surface area contributed by atoms with E-state index in [0.29, 0.717) is 12.0 Å². The molecule has 178 valence electrons. The highest BCUT2D eigenvalue weighted by Crippen LogP contribution is 2.39. The summed E-state index contributed by atoms with van der Waals surface area (Å²) in [6, 6.07) is 2.65. The van der Waals surface area contributed by atoms with E-state index in [1.807, 2.05) is 0 Å². The van der Waals surface area contributed by atoms with E-state index in [1.54, 1.807) is 0 Å². The Kier molecular flexibility index (Phi) is 7.83. The van der Waals surface area contributed by atoms with Crippen LogP contribution in [0, 0.1) is 10.1 Å². The average molecular weight is 477 g/mol. The molecule has 0 radical (unpaired) electrons. The van der Waals surface area contributed by atoms with E-state index in [1.165, 1.54) is 24.5 Å². The molecule has 1 saturated heterocycles. The van der Waals surface area contributed by atoms with Gasteiger partial charge < -0.3 is 15.4 Å². The number of carbonyl (C=O) groups is 1. The van der Waals surface area contributed by atoms with Gasteiger partial charge in [-0.3, -0.25) is 19.8 Å². The predicted octanol–water partition coefficient (Wildman–Crippen LogP) is 2.99. The number of carbonyl (C=O) groups excluding carboxylic acids is 1. The molecule has 3 rings (SSSR count). The molecule has 0 atom stereocenters. The van der Waals surface area contributed by atoms with Gasteiger partial charge in [-0.2, -0.15) is 0 Å². The fourth-order valence-corrected chi connectivity index (χ4v) is 3.93. The van der Waals surface area contributed by atoms with Crippen LogP contribution in [0.2, 0.25) is 5.28 Å². The van der Waals surface area contributed by atoms with E-state index >= 15 is 0 Å². The topological polar surface area (TPSA) is 128 Å². The first-order valence-corrected chi connectivity index (χ1v) is 11.1. The third-order valence-electron chi connectivity index (χ3n) is 5.67. The molecule has 2 aromatic rings. The van der Waals surface area contributed by atoms with Crippen LogP contribution in [0.1, 0.15) is 37.6 Å². The maximum Gasteiger partial charge on any atom is 0.318 e. The third-order valence-corrected chi connectivity index (χ3v) is 5.87. The maximum absolute atomic E-state index is 11.9. The van der Waals surface area contributed by atoms with Crippen LogP contribution < -0.4 is 10.5 Å². The Labute approximate surface area is 197 Å². The molecule has 0 unspecified atom stereocenters. The number of ether oxygens (including phenoxy) is 1. The Hall–Kier alpha value is -2.82. The summed E-state index contributed by atoms with van der Waals surface area (Å²) >= 11 is 5.73. The minimum absolute atomic E-state index is 0.00673. The first kappa shape index (κ1) is 24.8. The highest BCUT2D eigenvalue weighted by atomic mass is 35.5. The summed E-state index contributed by atoms with van der Waals surface area (Å²) in [4.78, 5) is 35.7. The summed E-state index contributed by atoms with van der Waals surface area (Å²) in [6.45, 7) is 11.7. The van der Waals surface area contributed by atoms with Crippen molar-refractivity contribution in [2.75, 3.05) is 39.3 Å². The van der Waals surface area contributed by atoms with E-state index in [0.717, 1.165) is 32.7 Å². The Bertz CT molecular complexity index is 1000. The number of nitro groups is 1. The van der Waals surface area contributed by atoms with Crippen LogP contribution in [-0.4, -0.2) is 75.5 Å². The van der Waals surface area contributed by atoms with Gasteiger partial charge in [0.1, 0.15) is 0 Å². The molecule has 2 heterocycles. The number of nitrogens with zero attached hydrogens (tertiary/aromatic N) is 5.